The maximum absolute atomic E-state index is 12.4. The highest BCUT2D eigenvalue weighted by Crippen LogP contribution is 2.36. The van der Waals surface area contributed by atoms with Gasteiger partial charge in [0, 0.05) is 7.05 Å². The van der Waals surface area contributed by atoms with E-state index in [0.717, 1.165) is 16.5 Å². The molecule has 0 unspecified atom stereocenters. The summed E-state index contributed by atoms with van der Waals surface area (Å²) in [6.45, 7) is 4.00. The molecule has 0 aliphatic carbocycles. The Morgan fingerprint density at radius 1 is 1.35 bits per heavy atom. The number of benzene rings is 1. The van der Waals surface area contributed by atoms with Crippen LogP contribution in [0.15, 0.2) is 40.5 Å². The Morgan fingerprint density at radius 3 is 2.52 bits per heavy atom. The molecule has 2 rings (SSSR count). The van der Waals surface area contributed by atoms with Crippen LogP contribution in [0.1, 0.15) is 25.5 Å². The first-order valence-electron chi connectivity index (χ1n) is 7.40. The quantitative estimate of drug-likeness (QED) is 0.791. The van der Waals surface area contributed by atoms with E-state index >= 15 is 0 Å². The predicted molar refractivity (Wildman–Crippen MR) is 93.8 cm³/mol. The summed E-state index contributed by atoms with van der Waals surface area (Å²) in [5.74, 6) is 0.464. The average molecular weight is 334 g/mol. The molecule has 1 aromatic carbocycles. The lowest BCUT2D eigenvalue weighted by molar-refractivity contribution is -0.139. The number of ether oxygens (including phenoxy) is 2. The van der Waals surface area contributed by atoms with Crippen molar-refractivity contribution in [2.24, 2.45) is 4.99 Å². The second-order valence-electron chi connectivity index (χ2n) is 5.10. The van der Waals surface area contributed by atoms with Crippen molar-refractivity contribution in [2.45, 2.75) is 19.9 Å². The highest BCUT2D eigenvalue weighted by atomic mass is 32.2. The maximum Gasteiger partial charge on any atom is 0.338 e. The molecule has 0 aromatic heterocycles. The van der Waals surface area contributed by atoms with Crippen LogP contribution in [0.4, 0.5) is 0 Å². The van der Waals surface area contributed by atoms with Crippen LogP contribution < -0.4 is 4.74 Å². The molecule has 1 aromatic rings. The van der Waals surface area contributed by atoms with E-state index < -0.39 is 0 Å². The van der Waals surface area contributed by atoms with E-state index in [1.54, 1.807) is 25.8 Å². The maximum atomic E-state index is 12.4. The van der Waals surface area contributed by atoms with E-state index in [-0.39, 0.29) is 12.0 Å². The van der Waals surface area contributed by atoms with Crippen LogP contribution in [0.2, 0.25) is 0 Å². The van der Waals surface area contributed by atoms with Crippen molar-refractivity contribution >= 4 is 22.9 Å². The Balaban J connectivity index is 2.50. The third kappa shape index (κ3) is 3.52. The van der Waals surface area contributed by atoms with Gasteiger partial charge >= 0.3 is 5.97 Å². The van der Waals surface area contributed by atoms with Gasteiger partial charge in [-0.1, -0.05) is 23.9 Å². The van der Waals surface area contributed by atoms with Gasteiger partial charge in [0.05, 0.1) is 31.0 Å². The minimum atomic E-state index is -0.318. The Labute approximate surface area is 141 Å². The number of carbonyl (C=O) groups is 1. The van der Waals surface area contributed by atoms with Gasteiger partial charge in [0.25, 0.3) is 0 Å². The third-order valence-corrected chi connectivity index (χ3v) is 4.47. The zero-order chi connectivity index (χ0) is 17.0. The molecule has 0 amide bonds. The van der Waals surface area contributed by atoms with E-state index in [4.69, 9.17) is 9.47 Å². The molecule has 0 fully saturated rings. The van der Waals surface area contributed by atoms with E-state index in [1.807, 2.05) is 49.4 Å². The van der Waals surface area contributed by atoms with Crippen molar-refractivity contribution < 1.29 is 14.3 Å². The van der Waals surface area contributed by atoms with Crippen molar-refractivity contribution in [3.63, 3.8) is 0 Å². The Hall–Kier alpha value is -1.95. The normalized spacial score (nSPS) is 17.9. The summed E-state index contributed by atoms with van der Waals surface area (Å²) >= 11 is 1.56. The lowest BCUT2D eigenvalue weighted by Gasteiger charge is -2.35. The number of carbonyl (C=O) groups excluding carboxylic acids is 1. The topological polar surface area (TPSA) is 51.1 Å². The molecule has 0 saturated carbocycles. The van der Waals surface area contributed by atoms with Gasteiger partial charge in [-0.25, -0.2) is 9.79 Å². The van der Waals surface area contributed by atoms with E-state index in [9.17, 15) is 4.79 Å². The van der Waals surface area contributed by atoms with Gasteiger partial charge in [0.1, 0.15) is 5.75 Å². The molecule has 23 heavy (non-hydrogen) atoms. The highest BCUT2D eigenvalue weighted by molar-refractivity contribution is 8.13. The Bertz CT molecular complexity index is 638. The number of hydrogen-bond acceptors (Lipinski definition) is 6. The van der Waals surface area contributed by atoms with Crippen LogP contribution in [0.25, 0.3) is 0 Å². The fourth-order valence-corrected chi connectivity index (χ4v) is 3.24. The molecule has 6 heteroatoms. The van der Waals surface area contributed by atoms with E-state index in [1.165, 1.54) is 0 Å². The van der Waals surface area contributed by atoms with Gasteiger partial charge in [0.15, 0.2) is 5.17 Å². The van der Waals surface area contributed by atoms with Crippen LogP contribution in [0.5, 0.6) is 5.75 Å². The first-order chi connectivity index (χ1) is 11.0. The van der Waals surface area contributed by atoms with Gasteiger partial charge < -0.3 is 14.4 Å². The molecular formula is C17H22N2O3S. The van der Waals surface area contributed by atoms with Crippen molar-refractivity contribution in [1.29, 1.82) is 0 Å². The second-order valence-corrected chi connectivity index (χ2v) is 5.88. The second kappa shape index (κ2) is 7.55. The lowest BCUT2D eigenvalue weighted by atomic mass is 9.95. The summed E-state index contributed by atoms with van der Waals surface area (Å²) in [7, 11) is 3.57. The predicted octanol–water partition coefficient (Wildman–Crippen LogP) is 3.24. The molecule has 1 aliphatic rings. The number of hydrogen-bond donors (Lipinski definition) is 0. The number of esters is 1. The molecule has 1 aliphatic heterocycles. The number of rotatable bonds is 4. The van der Waals surface area contributed by atoms with Crippen LogP contribution >= 0.6 is 11.8 Å². The number of thioether (sulfide) groups is 1. The van der Waals surface area contributed by atoms with Gasteiger partial charge in [-0.3, -0.25) is 0 Å². The summed E-state index contributed by atoms with van der Waals surface area (Å²) in [4.78, 5) is 19.0. The summed E-state index contributed by atoms with van der Waals surface area (Å²) in [6, 6.07) is 7.50. The van der Waals surface area contributed by atoms with Gasteiger partial charge in [0.2, 0.25) is 0 Å². The highest BCUT2D eigenvalue weighted by Gasteiger charge is 2.34. The van der Waals surface area contributed by atoms with Crippen molar-refractivity contribution in [3.8, 4) is 5.75 Å². The van der Waals surface area contributed by atoms with Crippen LogP contribution in [0.3, 0.4) is 0 Å². The number of nitrogens with zero attached hydrogens (tertiary/aromatic N) is 2. The fraction of sp³-hybridized carbons (Fsp3) is 0.412. The Kier molecular flexibility index (Phi) is 5.71. The van der Waals surface area contributed by atoms with Gasteiger partial charge in [-0.05, 0) is 37.8 Å². The standard InChI is InChI=1S/C17H22N2O3S/c1-6-22-16(20)14-11(2)18-17(23-5)19(3)15(14)12-7-9-13(21-4)10-8-12/h7-10,15H,6H2,1-5H3/t15-/m0/s1. The number of methoxy groups -OCH3 is 1. The molecule has 0 spiro atoms. The lowest BCUT2D eigenvalue weighted by Crippen LogP contribution is -2.36. The van der Waals surface area contributed by atoms with Crippen LogP contribution in [0, 0.1) is 0 Å². The summed E-state index contributed by atoms with van der Waals surface area (Å²) in [5.41, 5.74) is 2.28. The minimum Gasteiger partial charge on any atom is -0.497 e. The summed E-state index contributed by atoms with van der Waals surface area (Å²) in [6.07, 6.45) is 1.98. The molecule has 0 radical (unpaired) electrons. The number of amidine groups is 1. The SMILES string of the molecule is CCOC(=O)C1=C(C)N=C(SC)N(C)[C@H]1c1ccc(OC)cc1. The molecular weight excluding hydrogens is 312 g/mol. The number of aliphatic imine (C=N–C) groups is 1. The minimum absolute atomic E-state index is 0.222. The van der Waals surface area contributed by atoms with Gasteiger partial charge in [-0.2, -0.15) is 0 Å². The van der Waals surface area contributed by atoms with Crippen LogP contribution in [-0.2, 0) is 9.53 Å². The van der Waals surface area contributed by atoms with E-state index in [2.05, 4.69) is 4.99 Å². The zero-order valence-electron chi connectivity index (χ0n) is 14.1. The van der Waals surface area contributed by atoms with Crippen molar-refractivity contribution in [3.05, 3.63) is 41.1 Å². The van der Waals surface area contributed by atoms with Crippen molar-refractivity contribution in [1.82, 2.24) is 4.90 Å². The summed E-state index contributed by atoms with van der Waals surface area (Å²) < 4.78 is 10.5. The zero-order valence-corrected chi connectivity index (χ0v) is 14.9. The molecule has 0 saturated heterocycles. The van der Waals surface area contributed by atoms with E-state index in [0.29, 0.717) is 17.9 Å². The third-order valence-electron chi connectivity index (χ3n) is 3.73. The first kappa shape index (κ1) is 17.4. The molecule has 5 nitrogen and oxygen atoms in total. The molecule has 1 heterocycles. The smallest absolute Gasteiger partial charge is 0.338 e. The molecule has 0 bridgehead atoms. The fourth-order valence-electron chi connectivity index (χ4n) is 2.62. The van der Waals surface area contributed by atoms with Gasteiger partial charge in [-0.15, -0.1) is 0 Å². The number of likely N-dealkylation sites (N-methyl/N-ethyl adjacent to an activating group) is 1. The van der Waals surface area contributed by atoms with Crippen molar-refractivity contribution in [2.75, 3.05) is 27.0 Å². The molecule has 0 N–H and O–H groups in total. The Morgan fingerprint density at radius 2 is 2.00 bits per heavy atom. The summed E-state index contributed by atoms with van der Waals surface area (Å²) in [5, 5.41) is 0.872. The van der Waals surface area contributed by atoms with Crippen LogP contribution in [-0.4, -0.2) is 43.1 Å². The first-order valence-corrected chi connectivity index (χ1v) is 8.63. The largest absolute Gasteiger partial charge is 0.497 e. The number of allylic oxidation sites excluding steroid dienone is 1. The average Bonchev–Trinajstić information content (AvgIpc) is 2.56. The monoisotopic (exact) mass is 334 g/mol. The molecule has 1 atom stereocenters. The molecule has 124 valence electrons.